The number of guanidine groups is 2. The Morgan fingerprint density at radius 2 is 1.48 bits per heavy atom. The van der Waals surface area contributed by atoms with Gasteiger partial charge in [-0.3, -0.25) is 53.1 Å². The number of fused-ring (bicyclic) bond motifs is 2. The van der Waals surface area contributed by atoms with E-state index in [2.05, 4.69) is 41.6 Å². The largest absolute Gasteiger partial charge is 0.370 e. The second-order valence-electron chi connectivity index (χ2n) is 19.1. The highest BCUT2D eigenvalue weighted by molar-refractivity contribution is 6.31. The van der Waals surface area contributed by atoms with Gasteiger partial charge in [0.15, 0.2) is 17.7 Å². The summed E-state index contributed by atoms with van der Waals surface area (Å²) in [5.74, 6) is -7.99. The number of hydrogen-bond donors (Lipinski definition) is 11. The van der Waals surface area contributed by atoms with Gasteiger partial charge < -0.3 is 65.1 Å². The molecule has 0 aliphatic carbocycles. The summed E-state index contributed by atoms with van der Waals surface area (Å²) < 4.78 is 0. The molecular formula is C51H71ClN14O9. The number of ketones is 2. The Hall–Kier alpha value is -7.56. The van der Waals surface area contributed by atoms with Crippen LogP contribution in [0.2, 0.25) is 5.02 Å². The molecule has 2 saturated heterocycles. The number of hydrogen-bond acceptors (Lipinski definition) is 11. The molecule has 3 aromatic rings. The Morgan fingerprint density at radius 3 is 2.19 bits per heavy atom. The molecule has 23 nitrogen and oxygen atoms in total. The number of aromatic amines is 1. The van der Waals surface area contributed by atoms with Gasteiger partial charge >= 0.3 is 0 Å². The van der Waals surface area contributed by atoms with Gasteiger partial charge in [0, 0.05) is 92.7 Å². The minimum absolute atomic E-state index is 0.00606. The van der Waals surface area contributed by atoms with E-state index in [1.165, 1.54) is 11.8 Å². The van der Waals surface area contributed by atoms with Crippen molar-refractivity contribution >= 4 is 87.3 Å². The van der Waals surface area contributed by atoms with Crippen LogP contribution in [-0.4, -0.2) is 131 Å². The van der Waals surface area contributed by atoms with Crippen molar-refractivity contribution < 1.29 is 43.2 Å². The van der Waals surface area contributed by atoms with E-state index in [0.29, 0.717) is 17.0 Å². The lowest BCUT2D eigenvalue weighted by molar-refractivity contribution is -0.142. The van der Waals surface area contributed by atoms with E-state index >= 15 is 0 Å². The molecule has 406 valence electrons. The van der Waals surface area contributed by atoms with Crippen LogP contribution < -0.4 is 55.3 Å². The fourth-order valence-electron chi connectivity index (χ4n) is 9.46. The van der Waals surface area contributed by atoms with Gasteiger partial charge in [0.1, 0.15) is 30.0 Å². The summed E-state index contributed by atoms with van der Waals surface area (Å²) in [4.78, 5) is 138. The summed E-state index contributed by atoms with van der Waals surface area (Å²) in [6.07, 6.45) is 1.94. The fourth-order valence-corrected chi connectivity index (χ4v) is 9.67. The minimum Gasteiger partial charge on any atom is -0.370 e. The molecule has 0 bridgehead atoms. The summed E-state index contributed by atoms with van der Waals surface area (Å²) in [6, 6.07) is 8.08. The number of aliphatic imine (C=N–C) groups is 2. The summed E-state index contributed by atoms with van der Waals surface area (Å²) >= 11 is 6.62. The fraction of sp³-hybridized carbons (Fsp3) is 0.510. The number of amides is 7. The molecule has 3 heterocycles. The van der Waals surface area contributed by atoms with Crippen molar-refractivity contribution in [3.05, 3.63) is 70.9 Å². The van der Waals surface area contributed by atoms with Gasteiger partial charge in [0.25, 0.3) is 0 Å². The Kier molecular flexibility index (Phi) is 22.4. The Bertz CT molecular complexity index is 2600. The van der Waals surface area contributed by atoms with Gasteiger partial charge in [0.2, 0.25) is 41.4 Å². The van der Waals surface area contributed by atoms with E-state index in [9.17, 15) is 43.2 Å². The molecule has 5 rings (SSSR count). The van der Waals surface area contributed by atoms with Crippen LogP contribution in [-0.2, 0) is 56.0 Å². The topological polar surface area (TPSA) is 388 Å². The van der Waals surface area contributed by atoms with Gasteiger partial charge in [-0.15, -0.1) is 0 Å². The molecule has 2 aliphatic heterocycles. The molecule has 75 heavy (non-hydrogen) atoms. The van der Waals surface area contributed by atoms with Crippen molar-refractivity contribution in [2.45, 2.75) is 127 Å². The molecule has 2 fully saturated rings. The number of rotatable bonds is 16. The predicted octanol–water partition coefficient (Wildman–Crippen LogP) is -0.00990. The zero-order valence-corrected chi connectivity index (χ0v) is 43.0. The third kappa shape index (κ3) is 18.1. The molecule has 24 heteroatoms. The van der Waals surface area contributed by atoms with Crippen LogP contribution >= 0.6 is 11.6 Å². The first-order valence-electron chi connectivity index (χ1n) is 25.3. The molecular weight excluding hydrogens is 988 g/mol. The van der Waals surface area contributed by atoms with Crippen molar-refractivity contribution in [1.29, 1.82) is 0 Å². The number of nitrogens with zero attached hydrogens (tertiary/aromatic N) is 3. The second kappa shape index (κ2) is 28.8. The highest BCUT2D eigenvalue weighted by Crippen LogP contribution is 2.28. The van der Waals surface area contributed by atoms with Crippen LogP contribution in [0.3, 0.4) is 0 Å². The minimum atomic E-state index is -1.37. The first-order chi connectivity index (χ1) is 35.8. The number of para-hydroxylation sites is 1. The highest BCUT2D eigenvalue weighted by atomic mass is 35.5. The molecule has 16 N–H and O–H groups in total. The maximum absolute atomic E-state index is 14.8. The highest BCUT2D eigenvalue weighted by Gasteiger charge is 2.40. The third-order valence-electron chi connectivity index (χ3n) is 13.4. The lowest BCUT2D eigenvalue weighted by Gasteiger charge is -2.31. The molecule has 7 amide bonds. The van der Waals surface area contributed by atoms with Crippen molar-refractivity contribution in [2.24, 2.45) is 50.5 Å². The molecule has 0 unspecified atom stereocenters. The number of carbonyl (C=O) groups excluding carboxylic acids is 9. The van der Waals surface area contributed by atoms with Gasteiger partial charge in [-0.25, -0.2) is 0 Å². The van der Waals surface area contributed by atoms with Gasteiger partial charge in [-0.1, -0.05) is 48.0 Å². The van der Waals surface area contributed by atoms with E-state index in [4.69, 9.17) is 40.3 Å². The predicted molar refractivity (Wildman–Crippen MR) is 282 cm³/mol. The number of Topliss-reactive ketones (excluding diaryl/α,β-unsaturated/α-hetero) is 2. The molecule has 0 radical (unpaired) electrons. The number of aromatic nitrogens is 1. The van der Waals surface area contributed by atoms with Gasteiger partial charge in [0.05, 0.1) is 6.04 Å². The monoisotopic (exact) mass is 1060 g/mol. The second-order valence-corrected chi connectivity index (χ2v) is 19.5. The first kappa shape index (κ1) is 58.3. The van der Waals surface area contributed by atoms with Crippen molar-refractivity contribution in [1.82, 2.24) is 36.5 Å². The molecule has 0 spiro atoms. The number of nitrogens with two attached hydrogens (primary N) is 5. The van der Waals surface area contributed by atoms with Crippen LogP contribution in [0, 0.1) is 11.8 Å². The summed E-state index contributed by atoms with van der Waals surface area (Å²) in [5, 5.41) is 14.8. The Balaban J connectivity index is 1.53. The standard InChI is InChI=1S/C51H71ClN14O9/c1-29(67)62-38(16-8-22-60-51(56)57)47(73)64-39-18-19-44(70)58-20-7-15-37(45(53)71)63-46(72)32(24-33-28-61-36-14-5-3-12-34(33)36)27-42(68)31(11-6-21-59-50(54)55)26-43(69)40(25-30-10-2-4-13-35(30)52)65-48(74)41-17-9-23-66(41)49(39)75/h2-5,10,12-14,28,31-32,37-41,61H,6-9,11,15-27H2,1H3,(H2,53,71)(H,58,70)(H,62,67)(H,63,72)(H,64,73)(H,65,74)(H4,54,55,59)(H4,56,57,60)/t31-,32-,37+,38+,39+,40-,41+/m1/s1. The van der Waals surface area contributed by atoms with Gasteiger partial charge in [-0.05, 0) is 87.5 Å². The molecule has 2 aliphatic rings. The quantitative estimate of drug-likeness (QED) is 0.0512. The average molecular weight is 1060 g/mol. The number of H-pyrrole nitrogens is 1. The average Bonchev–Trinajstić information content (AvgIpc) is 4.03. The van der Waals surface area contributed by atoms with Crippen molar-refractivity contribution in [3.8, 4) is 0 Å². The normalized spacial score (nSPS) is 22.2. The van der Waals surface area contributed by atoms with E-state index in [-0.39, 0.29) is 122 Å². The zero-order valence-electron chi connectivity index (χ0n) is 42.2. The maximum Gasteiger partial charge on any atom is 0.245 e. The lowest BCUT2D eigenvalue weighted by atomic mass is 9.83. The van der Waals surface area contributed by atoms with Crippen molar-refractivity contribution in [3.63, 3.8) is 0 Å². The molecule has 7 atom stereocenters. The van der Waals surface area contributed by atoms with Crippen LogP contribution in [0.25, 0.3) is 10.9 Å². The number of nitrogens with one attached hydrogen (secondary N) is 6. The smallest absolute Gasteiger partial charge is 0.245 e. The zero-order chi connectivity index (χ0) is 54.6. The van der Waals surface area contributed by atoms with Crippen LogP contribution in [0.15, 0.2) is 64.7 Å². The van der Waals surface area contributed by atoms with Crippen LogP contribution in [0.1, 0.15) is 95.1 Å². The van der Waals surface area contributed by atoms with E-state index < -0.39 is 95.0 Å². The molecule has 2 aromatic carbocycles. The summed E-state index contributed by atoms with van der Waals surface area (Å²) in [6.45, 7) is 1.62. The number of halogens is 1. The summed E-state index contributed by atoms with van der Waals surface area (Å²) in [5.41, 5.74) is 30.0. The summed E-state index contributed by atoms with van der Waals surface area (Å²) in [7, 11) is 0. The van der Waals surface area contributed by atoms with E-state index in [0.717, 1.165) is 16.5 Å². The van der Waals surface area contributed by atoms with Crippen molar-refractivity contribution in [2.75, 3.05) is 26.2 Å². The lowest BCUT2D eigenvalue weighted by Crippen LogP contribution is -2.57. The van der Waals surface area contributed by atoms with Crippen LogP contribution in [0.5, 0.6) is 0 Å². The number of carbonyl (C=O) groups is 9. The van der Waals surface area contributed by atoms with E-state index in [1.807, 2.05) is 24.3 Å². The van der Waals surface area contributed by atoms with Gasteiger partial charge in [-0.2, -0.15) is 0 Å². The number of benzene rings is 2. The third-order valence-corrected chi connectivity index (χ3v) is 13.7. The Labute approximate surface area is 440 Å². The first-order valence-corrected chi connectivity index (χ1v) is 25.7. The molecule has 1 aromatic heterocycles. The maximum atomic E-state index is 14.8. The van der Waals surface area contributed by atoms with E-state index in [1.54, 1.807) is 30.5 Å². The Morgan fingerprint density at radius 1 is 0.787 bits per heavy atom. The van der Waals surface area contributed by atoms with Crippen LogP contribution in [0.4, 0.5) is 0 Å². The molecule has 0 saturated carbocycles. The SMILES string of the molecule is CC(=O)N[C@@H](CCCN=C(N)N)C(=O)N[C@H]1CCC(=O)NCCC[C@@H](C(N)=O)NC(=O)[C@H](Cc2c[nH]c3ccccc23)CC(=O)[C@H](CCCN=C(N)N)CC(=O)[C@@H](Cc2ccccc2Cl)NC(=O)[C@@H]2CCCN2C1=O. The number of primary amides is 1.